The third kappa shape index (κ3) is 4.92. The molecular weight excluding hydrogens is 214 g/mol. The second kappa shape index (κ2) is 5.79. The van der Waals surface area contributed by atoms with Crippen molar-refractivity contribution in [1.29, 1.82) is 0 Å². The summed E-state index contributed by atoms with van der Waals surface area (Å²) < 4.78 is 21.7. The lowest BCUT2D eigenvalue weighted by atomic mass is 10.0. The Morgan fingerprint density at radius 1 is 1.47 bits per heavy atom. The molecule has 1 aliphatic rings. The highest BCUT2D eigenvalue weighted by Gasteiger charge is 2.22. The van der Waals surface area contributed by atoms with Crippen molar-refractivity contribution in [3.05, 3.63) is 0 Å². The molecule has 1 heterocycles. The molecule has 1 unspecified atom stereocenters. The molecule has 0 aromatic heterocycles. The molecule has 1 aliphatic heterocycles. The van der Waals surface area contributed by atoms with Gasteiger partial charge in [0, 0.05) is 19.1 Å². The molecule has 0 bridgehead atoms. The molecule has 0 amide bonds. The van der Waals surface area contributed by atoms with E-state index in [1.54, 1.807) is 0 Å². The van der Waals surface area contributed by atoms with Gasteiger partial charge in [-0.1, -0.05) is 6.42 Å². The average molecular weight is 235 g/mol. The highest BCUT2D eigenvalue weighted by atomic mass is 32.2. The molecule has 1 rings (SSSR count). The highest BCUT2D eigenvalue weighted by molar-refractivity contribution is 7.89. The highest BCUT2D eigenvalue weighted by Crippen LogP contribution is 2.15. The number of nitrogens with one attached hydrogen (secondary N) is 1. The first-order valence-electron chi connectivity index (χ1n) is 5.42. The van der Waals surface area contributed by atoms with Gasteiger partial charge in [0.15, 0.2) is 0 Å². The summed E-state index contributed by atoms with van der Waals surface area (Å²) in [6.07, 6.45) is 3.54. The Morgan fingerprint density at radius 3 is 2.80 bits per heavy atom. The predicted octanol–water partition coefficient (Wildman–Crippen LogP) is -0.651. The number of rotatable bonds is 5. The minimum Gasteiger partial charge on any atom is -0.318 e. The maximum atomic E-state index is 10.9. The zero-order chi connectivity index (χ0) is 11.3. The van der Waals surface area contributed by atoms with Crippen LogP contribution in [0, 0.1) is 0 Å². The Kier molecular flexibility index (Phi) is 4.98. The molecule has 0 spiro atoms. The SMILES string of the molecule is CNCC1CCCCN1CCS(N)(=O)=O. The summed E-state index contributed by atoms with van der Waals surface area (Å²) >= 11 is 0. The number of nitrogens with two attached hydrogens (primary N) is 1. The van der Waals surface area contributed by atoms with E-state index in [2.05, 4.69) is 10.2 Å². The van der Waals surface area contributed by atoms with E-state index < -0.39 is 10.0 Å². The number of hydrogen-bond donors (Lipinski definition) is 2. The van der Waals surface area contributed by atoms with E-state index in [1.165, 1.54) is 6.42 Å². The van der Waals surface area contributed by atoms with Gasteiger partial charge in [-0.05, 0) is 26.4 Å². The van der Waals surface area contributed by atoms with E-state index in [4.69, 9.17) is 5.14 Å². The third-order valence-electron chi connectivity index (χ3n) is 2.85. The fourth-order valence-electron chi connectivity index (χ4n) is 2.07. The Labute approximate surface area is 92.1 Å². The number of piperidine rings is 1. The second-order valence-electron chi connectivity index (χ2n) is 4.11. The molecule has 0 saturated carbocycles. The lowest BCUT2D eigenvalue weighted by molar-refractivity contribution is 0.156. The smallest absolute Gasteiger partial charge is 0.210 e. The molecular formula is C9H21N3O2S. The van der Waals surface area contributed by atoms with Gasteiger partial charge in [-0.3, -0.25) is 4.90 Å². The molecule has 5 nitrogen and oxygen atoms in total. The maximum absolute atomic E-state index is 10.9. The molecule has 0 aliphatic carbocycles. The Morgan fingerprint density at radius 2 is 2.20 bits per heavy atom. The average Bonchev–Trinajstić information content (AvgIpc) is 2.16. The number of sulfonamides is 1. The van der Waals surface area contributed by atoms with Gasteiger partial charge < -0.3 is 5.32 Å². The summed E-state index contributed by atoms with van der Waals surface area (Å²) in [6, 6.07) is 0.463. The Balaban J connectivity index is 2.42. The number of hydrogen-bond acceptors (Lipinski definition) is 4. The Hall–Kier alpha value is -0.170. The van der Waals surface area contributed by atoms with Gasteiger partial charge in [0.1, 0.15) is 0 Å². The van der Waals surface area contributed by atoms with E-state index in [1.807, 2.05) is 7.05 Å². The summed E-state index contributed by atoms with van der Waals surface area (Å²) in [5.74, 6) is 0.0627. The molecule has 6 heteroatoms. The fourth-order valence-corrected chi connectivity index (χ4v) is 2.55. The van der Waals surface area contributed by atoms with Crippen LogP contribution in [-0.4, -0.2) is 51.8 Å². The van der Waals surface area contributed by atoms with Crippen molar-refractivity contribution in [3.8, 4) is 0 Å². The lowest BCUT2D eigenvalue weighted by Crippen LogP contribution is -2.47. The molecule has 0 radical (unpaired) electrons. The van der Waals surface area contributed by atoms with Crippen molar-refractivity contribution in [3.63, 3.8) is 0 Å². The van der Waals surface area contributed by atoms with Gasteiger partial charge in [0.05, 0.1) is 5.75 Å². The summed E-state index contributed by atoms with van der Waals surface area (Å²) in [4.78, 5) is 2.23. The maximum Gasteiger partial charge on any atom is 0.210 e. The first kappa shape index (κ1) is 12.9. The molecule has 0 aromatic rings. The first-order valence-corrected chi connectivity index (χ1v) is 7.13. The minimum atomic E-state index is -3.32. The van der Waals surface area contributed by atoms with Gasteiger partial charge in [0.25, 0.3) is 0 Å². The van der Waals surface area contributed by atoms with Crippen molar-refractivity contribution in [2.24, 2.45) is 5.14 Å². The van der Waals surface area contributed by atoms with E-state index in [0.717, 1.165) is 25.9 Å². The quantitative estimate of drug-likeness (QED) is 0.664. The van der Waals surface area contributed by atoms with Crippen LogP contribution in [0.5, 0.6) is 0 Å². The second-order valence-corrected chi connectivity index (χ2v) is 5.84. The minimum absolute atomic E-state index is 0.0627. The molecule has 3 N–H and O–H groups in total. The van der Waals surface area contributed by atoms with Crippen LogP contribution in [0.1, 0.15) is 19.3 Å². The van der Waals surface area contributed by atoms with Crippen LogP contribution in [0.15, 0.2) is 0 Å². The van der Waals surface area contributed by atoms with Crippen LogP contribution in [0.3, 0.4) is 0 Å². The van der Waals surface area contributed by atoms with E-state index in [-0.39, 0.29) is 5.75 Å². The molecule has 1 atom stereocenters. The summed E-state index contributed by atoms with van der Waals surface area (Å²) in [5.41, 5.74) is 0. The van der Waals surface area contributed by atoms with Crippen LogP contribution in [0.25, 0.3) is 0 Å². The number of primary sulfonamides is 1. The number of nitrogens with zero attached hydrogens (tertiary/aromatic N) is 1. The van der Waals surface area contributed by atoms with Crippen molar-refractivity contribution in [2.45, 2.75) is 25.3 Å². The number of likely N-dealkylation sites (tertiary alicyclic amines) is 1. The predicted molar refractivity (Wildman–Crippen MR) is 61.1 cm³/mol. The molecule has 1 fully saturated rings. The fraction of sp³-hybridized carbons (Fsp3) is 1.00. The van der Waals surface area contributed by atoms with E-state index >= 15 is 0 Å². The van der Waals surface area contributed by atoms with Gasteiger partial charge in [-0.15, -0.1) is 0 Å². The topological polar surface area (TPSA) is 75.4 Å². The largest absolute Gasteiger partial charge is 0.318 e. The van der Waals surface area contributed by atoms with E-state index in [9.17, 15) is 8.42 Å². The van der Waals surface area contributed by atoms with Gasteiger partial charge in [-0.2, -0.15) is 0 Å². The van der Waals surface area contributed by atoms with Gasteiger partial charge in [-0.25, -0.2) is 13.6 Å². The summed E-state index contributed by atoms with van der Waals surface area (Å²) in [6.45, 7) is 2.47. The zero-order valence-corrected chi connectivity index (χ0v) is 10.1. The van der Waals surface area contributed by atoms with Crippen LogP contribution in [-0.2, 0) is 10.0 Å². The molecule has 1 saturated heterocycles. The molecule has 15 heavy (non-hydrogen) atoms. The van der Waals surface area contributed by atoms with Crippen LogP contribution >= 0.6 is 0 Å². The summed E-state index contributed by atoms with van der Waals surface area (Å²) in [5, 5.41) is 8.14. The lowest BCUT2D eigenvalue weighted by Gasteiger charge is -2.35. The van der Waals surface area contributed by atoms with Gasteiger partial charge >= 0.3 is 0 Å². The first-order chi connectivity index (χ1) is 7.03. The van der Waals surface area contributed by atoms with E-state index in [0.29, 0.717) is 12.6 Å². The third-order valence-corrected chi connectivity index (χ3v) is 3.60. The van der Waals surface area contributed by atoms with Crippen LogP contribution in [0.2, 0.25) is 0 Å². The van der Waals surface area contributed by atoms with Crippen LogP contribution < -0.4 is 10.5 Å². The number of likely N-dealkylation sites (N-methyl/N-ethyl adjacent to an activating group) is 1. The monoisotopic (exact) mass is 235 g/mol. The standard InChI is InChI=1S/C9H21N3O2S/c1-11-8-9-4-2-3-5-12(9)6-7-15(10,13)14/h9,11H,2-8H2,1H3,(H2,10,13,14). The van der Waals surface area contributed by atoms with Crippen molar-refractivity contribution in [2.75, 3.05) is 32.4 Å². The molecule has 0 aromatic carbocycles. The Bertz CT molecular complexity index is 277. The van der Waals surface area contributed by atoms with Crippen molar-refractivity contribution < 1.29 is 8.42 Å². The van der Waals surface area contributed by atoms with Gasteiger partial charge in [0.2, 0.25) is 10.0 Å². The van der Waals surface area contributed by atoms with Crippen molar-refractivity contribution >= 4 is 10.0 Å². The normalized spacial score (nSPS) is 24.3. The summed E-state index contributed by atoms with van der Waals surface area (Å²) in [7, 11) is -1.40. The van der Waals surface area contributed by atoms with Crippen molar-refractivity contribution in [1.82, 2.24) is 10.2 Å². The molecule has 90 valence electrons. The zero-order valence-electron chi connectivity index (χ0n) is 9.28. The van der Waals surface area contributed by atoms with Crippen LogP contribution in [0.4, 0.5) is 0 Å².